The van der Waals surface area contributed by atoms with Gasteiger partial charge >= 0.3 is 0 Å². The number of hydrogen-bond donors (Lipinski definition) is 3. The molecule has 1 atom stereocenters. The molecule has 16 heavy (non-hydrogen) atoms. The maximum Gasteiger partial charge on any atom is 0.254 e. The van der Waals surface area contributed by atoms with Crippen LogP contribution in [0.3, 0.4) is 0 Å². The Balaban J connectivity index is 2.20. The number of aliphatic hydroxyl groups is 1. The van der Waals surface area contributed by atoms with Crippen molar-refractivity contribution in [3.05, 3.63) is 23.8 Å². The summed E-state index contributed by atoms with van der Waals surface area (Å²) in [5.74, 6) is -0.129. The van der Waals surface area contributed by atoms with Crippen LogP contribution in [-0.4, -0.2) is 35.1 Å². The van der Waals surface area contributed by atoms with E-state index >= 15 is 0 Å². The Morgan fingerprint density at radius 2 is 1.94 bits per heavy atom. The van der Waals surface area contributed by atoms with E-state index in [0.29, 0.717) is 36.4 Å². The monoisotopic (exact) mass is 221 g/mol. The molecule has 0 aromatic heterocycles. The van der Waals surface area contributed by atoms with E-state index in [4.69, 9.17) is 11.5 Å². The zero-order chi connectivity index (χ0) is 11.7. The molecule has 1 aromatic rings. The summed E-state index contributed by atoms with van der Waals surface area (Å²) in [5, 5.41) is 9.36. The molecule has 0 aliphatic carbocycles. The summed E-state index contributed by atoms with van der Waals surface area (Å²) in [5.41, 5.74) is 12.7. The number of likely N-dealkylation sites (tertiary alicyclic amines) is 1. The van der Waals surface area contributed by atoms with Crippen molar-refractivity contribution in [2.45, 2.75) is 12.5 Å². The number of carbonyl (C=O) groups is 1. The van der Waals surface area contributed by atoms with Crippen molar-refractivity contribution in [1.29, 1.82) is 0 Å². The standard InChI is InChI=1S/C11H15N3O2/c12-8-3-7(4-9(13)5-8)11(16)14-2-1-10(15)6-14/h3-5,10,15H,1-2,6,12-13H2/t10-/m0/s1. The number of aliphatic hydroxyl groups excluding tert-OH is 1. The van der Waals surface area contributed by atoms with Gasteiger partial charge in [-0.05, 0) is 24.6 Å². The van der Waals surface area contributed by atoms with Crippen molar-refractivity contribution in [3.8, 4) is 0 Å². The number of carbonyl (C=O) groups excluding carboxylic acids is 1. The van der Waals surface area contributed by atoms with E-state index in [1.807, 2.05) is 0 Å². The SMILES string of the molecule is Nc1cc(N)cc(C(=O)N2CC[C@H](O)C2)c1. The van der Waals surface area contributed by atoms with Crippen LogP contribution < -0.4 is 11.5 Å². The van der Waals surface area contributed by atoms with E-state index in [0.717, 1.165) is 0 Å². The minimum atomic E-state index is -0.414. The van der Waals surface area contributed by atoms with Crippen LogP contribution in [0.2, 0.25) is 0 Å². The predicted molar refractivity (Wildman–Crippen MR) is 61.8 cm³/mol. The highest BCUT2D eigenvalue weighted by Crippen LogP contribution is 2.18. The first-order valence-electron chi connectivity index (χ1n) is 5.19. The number of hydrogen-bond acceptors (Lipinski definition) is 4. The first kappa shape index (κ1) is 10.8. The van der Waals surface area contributed by atoms with Gasteiger partial charge < -0.3 is 21.5 Å². The van der Waals surface area contributed by atoms with Gasteiger partial charge in [0.1, 0.15) is 0 Å². The largest absolute Gasteiger partial charge is 0.399 e. The molecule has 0 unspecified atom stereocenters. The van der Waals surface area contributed by atoms with Gasteiger partial charge in [0.25, 0.3) is 5.91 Å². The lowest BCUT2D eigenvalue weighted by Crippen LogP contribution is -2.29. The van der Waals surface area contributed by atoms with Gasteiger partial charge in [0.2, 0.25) is 0 Å². The molecule has 5 N–H and O–H groups in total. The molecule has 5 heteroatoms. The first-order chi connectivity index (χ1) is 7.56. The molecule has 1 saturated heterocycles. The van der Waals surface area contributed by atoms with Gasteiger partial charge in [0, 0.05) is 30.0 Å². The third-order valence-electron chi connectivity index (χ3n) is 2.68. The Morgan fingerprint density at radius 3 is 2.44 bits per heavy atom. The van der Waals surface area contributed by atoms with Gasteiger partial charge in [0.05, 0.1) is 6.10 Å². The normalized spacial score (nSPS) is 20.1. The van der Waals surface area contributed by atoms with Crippen molar-refractivity contribution in [3.63, 3.8) is 0 Å². The smallest absolute Gasteiger partial charge is 0.254 e. The fraction of sp³-hybridized carbons (Fsp3) is 0.364. The Hall–Kier alpha value is -1.75. The Labute approximate surface area is 93.6 Å². The molecule has 0 saturated carbocycles. The summed E-state index contributed by atoms with van der Waals surface area (Å²) >= 11 is 0. The van der Waals surface area contributed by atoms with Crippen LogP contribution >= 0.6 is 0 Å². The lowest BCUT2D eigenvalue weighted by atomic mass is 10.1. The topological polar surface area (TPSA) is 92.6 Å². The second-order valence-corrected chi connectivity index (χ2v) is 4.08. The molecular formula is C11H15N3O2. The highest BCUT2D eigenvalue weighted by Gasteiger charge is 2.25. The maximum atomic E-state index is 12.0. The van der Waals surface area contributed by atoms with Crippen molar-refractivity contribution in [2.75, 3.05) is 24.6 Å². The van der Waals surface area contributed by atoms with Gasteiger partial charge in [-0.25, -0.2) is 0 Å². The highest BCUT2D eigenvalue weighted by atomic mass is 16.3. The zero-order valence-electron chi connectivity index (χ0n) is 8.89. The molecule has 1 heterocycles. The summed E-state index contributed by atoms with van der Waals surface area (Å²) in [4.78, 5) is 13.6. The van der Waals surface area contributed by atoms with E-state index in [1.165, 1.54) is 0 Å². The fourth-order valence-corrected chi connectivity index (χ4v) is 1.91. The Morgan fingerprint density at radius 1 is 1.31 bits per heavy atom. The molecule has 1 aromatic carbocycles. The Kier molecular flexibility index (Phi) is 2.70. The summed E-state index contributed by atoms with van der Waals surface area (Å²) < 4.78 is 0. The highest BCUT2D eigenvalue weighted by molar-refractivity contribution is 5.96. The van der Waals surface area contributed by atoms with Crippen molar-refractivity contribution < 1.29 is 9.90 Å². The molecule has 1 amide bonds. The quantitative estimate of drug-likeness (QED) is 0.584. The second kappa shape index (κ2) is 4.02. The molecule has 2 rings (SSSR count). The van der Waals surface area contributed by atoms with Crippen LogP contribution in [0.5, 0.6) is 0 Å². The average molecular weight is 221 g/mol. The number of nitrogens with zero attached hydrogens (tertiary/aromatic N) is 1. The fourth-order valence-electron chi connectivity index (χ4n) is 1.91. The number of amides is 1. The summed E-state index contributed by atoms with van der Waals surface area (Å²) in [6, 6.07) is 4.81. The van der Waals surface area contributed by atoms with Gasteiger partial charge in [-0.15, -0.1) is 0 Å². The third kappa shape index (κ3) is 2.09. The van der Waals surface area contributed by atoms with Crippen molar-refractivity contribution in [2.24, 2.45) is 0 Å². The molecule has 0 bridgehead atoms. The molecule has 0 radical (unpaired) electrons. The minimum absolute atomic E-state index is 0.129. The van der Waals surface area contributed by atoms with Gasteiger partial charge in [-0.3, -0.25) is 4.79 Å². The van der Waals surface area contributed by atoms with Crippen LogP contribution in [0.1, 0.15) is 16.8 Å². The van der Waals surface area contributed by atoms with E-state index in [2.05, 4.69) is 0 Å². The third-order valence-corrected chi connectivity index (χ3v) is 2.68. The van der Waals surface area contributed by atoms with Crippen molar-refractivity contribution in [1.82, 2.24) is 4.90 Å². The maximum absolute atomic E-state index is 12.0. The first-order valence-corrected chi connectivity index (χ1v) is 5.19. The average Bonchev–Trinajstić information content (AvgIpc) is 2.62. The van der Waals surface area contributed by atoms with Gasteiger partial charge in [-0.2, -0.15) is 0 Å². The van der Waals surface area contributed by atoms with Gasteiger partial charge in [0.15, 0.2) is 0 Å². The second-order valence-electron chi connectivity index (χ2n) is 4.08. The van der Waals surface area contributed by atoms with Crippen molar-refractivity contribution >= 4 is 17.3 Å². The number of benzene rings is 1. The van der Waals surface area contributed by atoms with Gasteiger partial charge in [-0.1, -0.05) is 0 Å². The number of nitrogens with two attached hydrogens (primary N) is 2. The summed E-state index contributed by atoms with van der Waals surface area (Å²) in [6.07, 6.45) is 0.214. The van der Waals surface area contributed by atoms with E-state index in [9.17, 15) is 9.90 Å². The molecule has 1 fully saturated rings. The number of rotatable bonds is 1. The molecule has 1 aliphatic heterocycles. The lowest BCUT2D eigenvalue weighted by Gasteiger charge is -2.16. The molecule has 5 nitrogen and oxygen atoms in total. The van der Waals surface area contributed by atoms with E-state index < -0.39 is 6.10 Å². The van der Waals surface area contributed by atoms with Crippen LogP contribution in [0.4, 0.5) is 11.4 Å². The van der Waals surface area contributed by atoms with E-state index in [1.54, 1.807) is 23.1 Å². The summed E-state index contributed by atoms with van der Waals surface area (Å²) in [7, 11) is 0. The molecular weight excluding hydrogens is 206 g/mol. The Bertz CT molecular complexity index is 399. The lowest BCUT2D eigenvalue weighted by molar-refractivity contribution is 0.0765. The van der Waals surface area contributed by atoms with Crippen LogP contribution in [-0.2, 0) is 0 Å². The van der Waals surface area contributed by atoms with Crippen LogP contribution in [0.25, 0.3) is 0 Å². The number of anilines is 2. The van der Waals surface area contributed by atoms with Crippen LogP contribution in [0.15, 0.2) is 18.2 Å². The van der Waals surface area contributed by atoms with Crippen LogP contribution in [0, 0.1) is 0 Å². The summed E-state index contributed by atoms with van der Waals surface area (Å²) in [6.45, 7) is 0.961. The predicted octanol–water partition coefficient (Wildman–Crippen LogP) is 0.0578. The zero-order valence-corrected chi connectivity index (χ0v) is 8.89. The number of β-amino-alcohol motifs (C(OH)–C–C–N with tert-alkyl or cyclic N) is 1. The molecule has 1 aliphatic rings. The minimum Gasteiger partial charge on any atom is -0.399 e. The van der Waals surface area contributed by atoms with E-state index in [-0.39, 0.29) is 5.91 Å². The molecule has 0 spiro atoms. The molecule has 86 valence electrons. The number of nitrogen functional groups attached to an aromatic ring is 2.